The van der Waals surface area contributed by atoms with Gasteiger partial charge in [-0.2, -0.15) is 0 Å². The number of phenolic OH excluding ortho intramolecular Hbond substituents is 1. The summed E-state index contributed by atoms with van der Waals surface area (Å²) in [4.78, 5) is 12.6. The van der Waals surface area contributed by atoms with Crippen LogP contribution in [0.1, 0.15) is 40.9 Å². The number of phenols is 1. The summed E-state index contributed by atoms with van der Waals surface area (Å²) in [6, 6.07) is 9.13. The van der Waals surface area contributed by atoms with Crippen molar-refractivity contribution in [3.05, 3.63) is 84.0 Å². The normalized spacial score (nSPS) is 10.9. The maximum Gasteiger partial charge on any atom is 0.185 e. The minimum Gasteiger partial charge on any atom is -0.507 e. The molecule has 2 aromatic carbocycles. The molecule has 2 rings (SSSR count). The van der Waals surface area contributed by atoms with E-state index in [9.17, 15) is 9.90 Å². The maximum absolute atomic E-state index is 12.6. The molecule has 29 heavy (non-hydrogen) atoms. The van der Waals surface area contributed by atoms with Gasteiger partial charge in [0.15, 0.2) is 5.78 Å². The van der Waals surface area contributed by atoms with E-state index >= 15 is 0 Å². The Kier molecular flexibility index (Phi) is 7.84. The fourth-order valence-electron chi connectivity index (χ4n) is 3.00. The Labute approximate surface area is 173 Å². The zero-order valence-electron chi connectivity index (χ0n) is 17.4. The van der Waals surface area contributed by atoms with E-state index < -0.39 is 0 Å². The molecule has 0 heterocycles. The highest BCUT2D eigenvalue weighted by Crippen LogP contribution is 2.38. The van der Waals surface area contributed by atoms with Crippen LogP contribution in [0.3, 0.4) is 0 Å². The van der Waals surface area contributed by atoms with Crippen LogP contribution in [0.2, 0.25) is 0 Å². The van der Waals surface area contributed by atoms with Crippen LogP contribution in [-0.2, 0) is 12.8 Å². The molecular formula is C25H29NO3. The number of benzene rings is 2. The van der Waals surface area contributed by atoms with Gasteiger partial charge in [0.05, 0.1) is 11.7 Å². The minimum atomic E-state index is -0.151. The summed E-state index contributed by atoms with van der Waals surface area (Å²) in [6.45, 7) is 11.4. The fourth-order valence-corrected chi connectivity index (χ4v) is 3.00. The predicted molar refractivity (Wildman–Crippen MR) is 121 cm³/mol. The molecule has 4 nitrogen and oxygen atoms in total. The van der Waals surface area contributed by atoms with Crippen molar-refractivity contribution in [1.82, 2.24) is 0 Å². The Bertz CT molecular complexity index is 909. The molecule has 0 spiro atoms. The Morgan fingerprint density at radius 1 is 1.14 bits per heavy atom. The standard InChI is InChI=1S/C25H29NO3/c1-6-8-19-16-20(9-7-2)25(29-17(3)4)22(24(19)28)14-15-23(27)18-10-12-21(26-5)13-11-18/h6-7,10-17,26,28H,1-2,8-9H2,3-5H3. The van der Waals surface area contributed by atoms with Crippen molar-refractivity contribution < 1.29 is 14.6 Å². The van der Waals surface area contributed by atoms with Crippen LogP contribution in [0.5, 0.6) is 11.5 Å². The molecule has 2 N–H and O–H groups in total. The number of ether oxygens (including phenoxy) is 1. The molecule has 0 aliphatic carbocycles. The highest BCUT2D eigenvalue weighted by molar-refractivity contribution is 6.07. The molecule has 0 unspecified atom stereocenters. The first-order chi connectivity index (χ1) is 13.9. The van der Waals surface area contributed by atoms with Crippen LogP contribution >= 0.6 is 0 Å². The second kappa shape index (κ2) is 10.3. The van der Waals surface area contributed by atoms with Crippen molar-refractivity contribution in [3.63, 3.8) is 0 Å². The molecule has 152 valence electrons. The van der Waals surface area contributed by atoms with Gasteiger partial charge in [-0.05, 0) is 80.3 Å². The lowest BCUT2D eigenvalue weighted by atomic mass is 9.97. The molecular weight excluding hydrogens is 362 g/mol. The van der Waals surface area contributed by atoms with Crippen LogP contribution in [0.4, 0.5) is 5.69 Å². The van der Waals surface area contributed by atoms with Gasteiger partial charge in [0.2, 0.25) is 0 Å². The van der Waals surface area contributed by atoms with E-state index in [0.717, 1.165) is 16.8 Å². The summed E-state index contributed by atoms with van der Waals surface area (Å²) < 4.78 is 6.01. The van der Waals surface area contributed by atoms with E-state index in [1.54, 1.807) is 30.4 Å². The van der Waals surface area contributed by atoms with E-state index in [2.05, 4.69) is 18.5 Å². The van der Waals surface area contributed by atoms with E-state index in [4.69, 9.17) is 4.74 Å². The molecule has 0 bridgehead atoms. The van der Waals surface area contributed by atoms with Gasteiger partial charge in [0.25, 0.3) is 0 Å². The summed E-state index contributed by atoms with van der Waals surface area (Å²) in [5.74, 6) is 0.518. The zero-order chi connectivity index (χ0) is 21.4. The number of anilines is 1. The van der Waals surface area contributed by atoms with Crippen molar-refractivity contribution in [2.75, 3.05) is 12.4 Å². The Balaban J connectivity index is 2.51. The van der Waals surface area contributed by atoms with Crippen LogP contribution in [-0.4, -0.2) is 24.0 Å². The Morgan fingerprint density at radius 2 is 1.76 bits per heavy atom. The van der Waals surface area contributed by atoms with Gasteiger partial charge in [0.1, 0.15) is 11.5 Å². The molecule has 0 aromatic heterocycles. The van der Waals surface area contributed by atoms with Crippen molar-refractivity contribution in [1.29, 1.82) is 0 Å². The molecule has 0 atom stereocenters. The quantitative estimate of drug-likeness (QED) is 0.316. The lowest BCUT2D eigenvalue weighted by molar-refractivity contribution is 0.104. The summed E-state index contributed by atoms with van der Waals surface area (Å²) in [7, 11) is 1.83. The van der Waals surface area contributed by atoms with Crippen molar-refractivity contribution in [3.8, 4) is 11.5 Å². The topological polar surface area (TPSA) is 58.6 Å². The van der Waals surface area contributed by atoms with Gasteiger partial charge in [0, 0.05) is 18.3 Å². The summed E-state index contributed by atoms with van der Waals surface area (Å²) in [5, 5.41) is 13.9. The van der Waals surface area contributed by atoms with E-state index in [0.29, 0.717) is 29.7 Å². The zero-order valence-corrected chi connectivity index (χ0v) is 17.4. The first kappa shape index (κ1) is 22.0. The fraction of sp³-hybridized carbons (Fsp3) is 0.240. The average molecular weight is 392 g/mol. The molecule has 0 aliphatic heterocycles. The molecule has 4 heteroatoms. The number of ketones is 1. The SMILES string of the molecule is C=CCc1cc(CC=C)c(OC(C)C)c(C=CC(=O)c2ccc(NC)cc2)c1O. The molecule has 0 radical (unpaired) electrons. The Morgan fingerprint density at radius 3 is 2.31 bits per heavy atom. The number of rotatable bonds is 10. The van der Waals surface area contributed by atoms with Crippen molar-refractivity contribution >= 4 is 17.5 Å². The Hall–Kier alpha value is -3.27. The van der Waals surface area contributed by atoms with Crippen LogP contribution in [0, 0.1) is 0 Å². The number of carbonyl (C=O) groups excluding carboxylic acids is 1. The van der Waals surface area contributed by atoms with E-state index in [-0.39, 0.29) is 17.6 Å². The second-order valence-corrected chi connectivity index (χ2v) is 6.96. The third-order valence-electron chi connectivity index (χ3n) is 4.39. The summed E-state index contributed by atoms with van der Waals surface area (Å²) in [6.07, 6.45) is 7.63. The monoisotopic (exact) mass is 391 g/mol. The summed E-state index contributed by atoms with van der Waals surface area (Å²) >= 11 is 0. The van der Waals surface area contributed by atoms with Crippen LogP contribution < -0.4 is 10.1 Å². The lowest BCUT2D eigenvalue weighted by Crippen LogP contribution is -2.10. The summed E-state index contributed by atoms with van der Waals surface area (Å²) in [5.41, 5.74) is 3.64. The van der Waals surface area contributed by atoms with Crippen LogP contribution in [0.15, 0.2) is 61.7 Å². The first-order valence-electron chi connectivity index (χ1n) is 9.67. The van der Waals surface area contributed by atoms with Gasteiger partial charge in [-0.3, -0.25) is 4.79 Å². The van der Waals surface area contributed by atoms with Gasteiger partial charge in [-0.15, -0.1) is 13.2 Å². The van der Waals surface area contributed by atoms with Crippen LogP contribution in [0.25, 0.3) is 6.08 Å². The molecule has 0 fully saturated rings. The second-order valence-electron chi connectivity index (χ2n) is 6.96. The van der Waals surface area contributed by atoms with Crippen molar-refractivity contribution in [2.45, 2.75) is 32.8 Å². The van der Waals surface area contributed by atoms with E-state index in [1.165, 1.54) is 6.08 Å². The average Bonchev–Trinajstić information content (AvgIpc) is 2.70. The third kappa shape index (κ3) is 5.61. The minimum absolute atomic E-state index is 0.0832. The van der Waals surface area contributed by atoms with Gasteiger partial charge >= 0.3 is 0 Å². The lowest BCUT2D eigenvalue weighted by Gasteiger charge is -2.19. The first-order valence-corrected chi connectivity index (χ1v) is 9.67. The third-order valence-corrected chi connectivity index (χ3v) is 4.39. The number of allylic oxidation sites excluding steroid dienone is 3. The number of hydrogen-bond acceptors (Lipinski definition) is 4. The highest BCUT2D eigenvalue weighted by Gasteiger charge is 2.18. The number of hydrogen-bond donors (Lipinski definition) is 2. The smallest absolute Gasteiger partial charge is 0.185 e. The molecule has 0 saturated heterocycles. The number of aromatic hydroxyl groups is 1. The molecule has 0 aliphatic rings. The molecule has 0 saturated carbocycles. The van der Waals surface area contributed by atoms with Gasteiger partial charge in [-0.1, -0.05) is 12.2 Å². The van der Waals surface area contributed by atoms with Gasteiger partial charge < -0.3 is 15.2 Å². The highest BCUT2D eigenvalue weighted by atomic mass is 16.5. The van der Waals surface area contributed by atoms with Gasteiger partial charge in [-0.25, -0.2) is 0 Å². The maximum atomic E-state index is 12.6. The predicted octanol–water partition coefficient (Wildman–Crippen LogP) is 5.57. The molecule has 2 aromatic rings. The molecule has 0 amide bonds. The largest absolute Gasteiger partial charge is 0.507 e. The van der Waals surface area contributed by atoms with E-state index in [1.807, 2.05) is 39.1 Å². The van der Waals surface area contributed by atoms with Crippen molar-refractivity contribution in [2.24, 2.45) is 0 Å². The number of carbonyl (C=O) groups is 1. The number of nitrogens with one attached hydrogen (secondary N) is 1.